The van der Waals surface area contributed by atoms with Crippen LogP contribution in [0.15, 0.2) is 24.3 Å². The summed E-state index contributed by atoms with van der Waals surface area (Å²) in [5.74, 6) is -0.942. The maximum absolute atomic E-state index is 12.0. The van der Waals surface area contributed by atoms with Crippen LogP contribution in [0.5, 0.6) is 0 Å². The second-order valence-electron chi connectivity index (χ2n) is 7.01. The van der Waals surface area contributed by atoms with Gasteiger partial charge < -0.3 is 20.0 Å². The monoisotopic (exact) mass is 385 g/mol. The van der Waals surface area contributed by atoms with E-state index in [2.05, 4.69) is 19.2 Å². The molecule has 0 aromatic heterocycles. The van der Waals surface area contributed by atoms with Gasteiger partial charge in [0.15, 0.2) is 0 Å². The molecule has 0 radical (unpaired) electrons. The summed E-state index contributed by atoms with van der Waals surface area (Å²) in [6, 6.07) is 6.06. The van der Waals surface area contributed by atoms with Crippen LogP contribution in [-0.4, -0.2) is 31.6 Å². The van der Waals surface area contributed by atoms with Gasteiger partial charge in [0.1, 0.15) is 0 Å². The Morgan fingerprint density at radius 2 is 1.56 bits per heavy atom. The first-order valence-electron chi connectivity index (χ1n) is 9.68. The Morgan fingerprint density at radius 1 is 0.963 bits per heavy atom. The van der Waals surface area contributed by atoms with E-state index in [0.717, 1.165) is 18.9 Å². The van der Waals surface area contributed by atoms with E-state index in [4.69, 9.17) is 4.74 Å². The van der Waals surface area contributed by atoms with Crippen LogP contribution in [0.1, 0.15) is 79.5 Å². The molecule has 0 aliphatic rings. The van der Waals surface area contributed by atoms with E-state index in [1.54, 1.807) is 12.1 Å². The van der Waals surface area contributed by atoms with E-state index >= 15 is 0 Å². The quantitative estimate of drug-likeness (QED) is 0.366. The average Bonchev–Trinajstić information content (AvgIpc) is 2.62. The van der Waals surface area contributed by atoms with Gasteiger partial charge >= 0.3 is 29.6 Å². The summed E-state index contributed by atoms with van der Waals surface area (Å²) in [7, 11) is 0. The van der Waals surface area contributed by atoms with E-state index in [1.165, 1.54) is 44.2 Å². The summed E-state index contributed by atoms with van der Waals surface area (Å²) >= 11 is 0. The Bertz CT molecular complexity index is 549. The summed E-state index contributed by atoms with van der Waals surface area (Å²) in [4.78, 5) is 23.0. The molecule has 1 aromatic carbocycles. The van der Waals surface area contributed by atoms with E-state index in [1.807, 2.05) is 0 Å². The maximum Gasteiger partial charge on any atom is 1.00 e. The Kier molecular flexibility index (Phi) is 15.6. The minimum atomic E-state index is -1.34. The number of hydrogen-bond acceptors (Lipinski definition) is 4. The van der Waals surface area contributed by atoms with Crippen molar-refractivity contribution in [1.82, 2.24) is 5.32 Å². The number of amides is 1. The van der Waals surface area contributed by atoms with Crippen LogP contribution in [0, 0.1) is 5.92 Å². The molecule has 0 unspecified atom stereocenters. The molecular weight excluding hydrogens is 353 g/mol. The molecule has 0 aliphatic heterocycles. The Hall–Kier alpha value is -0.880. The van der Waals surface area contributed by atoms with Gasteiger partial charge in [0.25, 0.3) is 5.91 Å². The van der Waals surface area contributed by atoms with Crippen molar-refractivity contribution in [2.75, 3.05) is 19.8 Å². The summed E-state index contributed by atoms with van der Waals surface area (Å²) < 4.78 is 5.57. The smallest absolute Gasteiger partial charge is 0.545 e. The SMILES string of the molecule is CC(C)CCCCCCCOCCCNC(=O)c1ccccc1C(=O)[O-].[Na+]. The first-order chi connectivity index (χ1) is 12.5. The van der Waals surface area contributed by atoms with E-state index in [0.29, 0.717) is 19.6 Å². The van der Waals surface area contributed by atoms with Crippen LogP contribution in [0.4, 0.5) is 0 Å². The minimum Gasteiger partial charge on any atom is -0.545 e. The fraction of sp³-hybridized carbons (Fsp3) is 0.619. The van der Waals surface area contributed by atoms with E-state index in [-0.39, 0.29) is 40.7 Å². The number of benzene rings is 1. The molecule has 146 valence electrons. The summed E-state index contributed by atoms with van der Waals surface area (Å²) in [6.45, 7) is 6.33. The molecule has 0 aliphatic carbocycles. The van der Waals surface area contributed by atoms with Crippen molar-refractivity contribution >= 4 is 11.9 Å². The van der Waals surface area contributed by atoms with Gasteiger partial charge in [-0.1, -0.05) is 64.2 Å². The molecule has 1 aromatic rings. The Morgan fingerprint density at radius 3 is 2.22 bits per heavy atom. The van der Waals surface area contributed by atoms with Gasteiger partial charge in [0, 0.05) is 30.9 Å². The number of carbonyl (C=O) groups is 2. The fourth-order valence-electron chi connectivity index (χ4n) is 2.72. The third kappa shape index (κ3) is 12.2. The molecule has 1 rings (SSSR count). The normalized spacial score (nSPS) is 10.5. The molecule has 0 bridgehead atoms. The van der Waals surface area contributed by atoms with E-state index < -0.39 is 11.9 Å². The number of unbranched alkanes of at least 4 members (excludes halogenated alkanes) is 4. The van der Waals surface area contributed by atoms with E-state index in [9.17, 15) is 14.7 Å². The number of hydrogen-bond donors (Lipinski definition) is 1. The zero-order chi connectivity index (χ0) is 19.2. The summed E-state index contributed by atoms with van der Waals surface area (Å²) in [5, 5.41) is 13.7. The van der Waals surface area contributed by atoms with Crippen LogP contribution in [0.2, 0.25) is 0 Å². The molecule has 0 saturated heterocycles. The van der Waals surface area contributed by atoms with Gasteiger partial charge in [0.2, 0.25) is 0 Å². The van der Waals surface area contributed by atoms with Crippen molar-refractivity contribution in [2.24, 2.45) is 5.92 Å². The van der Waals surface area contributed by atoms with Gasteiger partial charge in [-0.25, -0.2) is 0 Å². The average molecular weight is 385 g/mol. The maximum atomic E-state index is 12.0. The zero-order valence-electron chi connectivity index (χ0n) is 17.1. The Labute approximate surface area is 185 Å². The van der Waals surface area contributed by atoms with Gasteiger partial charge in [-0.15, -0.1) is 0 Å². The molecule has 1 N–H and O–H groups in total. The third-order valence-corrected chi connectivity index (χ3v) is 4.21. The van der Waals surface area contributed by atoms with Crippen LogP contribution < -0.4 is 40.0 Å². The van der Waals surface area contributed by atoms with Crippen molar-refractivity contribution in [3.63, 3.8) is 0 Å². The second kappa shape index (κ2) is 16.1. The predicted molar refractivity (Wildman–Crippen MR) is 101 cm³/mol. The van der Waals surface area contributed by atoms with Crippen molar-refractivity contribution in [1.29, 1.82) is 0 Å². The first-order valence-corrected chi connectivity index (χ1v) is 9.68. The van der Waals surface area contributed by atoms with Gasteiger partial charge in [-0.2, -0.15) is 0 Å². The van der Waals surface area contributed by atoms with Crippen molar-refractivity contribution in [2.45, 2.75) is 58.8 Å². The standard InChI is InChI=1S/C21H33NO4.Na/c1-17(2)11-6-4-3-5-9-15-26-16-10-14-22-20(23)18-12-7-8-13-19(18)21(24)25;/h7-8,12-13,17H,3-6,9-11,14-16H2,1-2H3,(H,22,23)(H,24,25);/q;+1/p-1. The first kappa shape index (κ1) is 26.1. The van der Waals surface area contributed by atoms with Crippen molar-refractivity contribution in [3.05, 3.63) is 35.4 Å². The molecule has 0 atom stereocenters. The molecule has 0 spiro atoms. The van der Waals surface area contributed by atoms with Crippen molar-refractivity contribution in [3.8, 4) is 0 Å². The molecular formula is C21H32NNaO4. The van der Waals surface area contributed by atoms with Gasteiger partial charge in [-0.05, 0) is 24.8 Å². The number of carbonyl (C=O) groups excluding carboxylic acids is 2. The largest absolute Gasteiger partial charge is 1.00 e. The number of ether oxygens (including phenoxy) is 1. The number of nitrogens with one attached hydrogen (secondary N) is 1. The molecule has 0 fully saturated rings. The number of carboxylic acid groups (broad SMARTS) is 1. The molecule has 27 heavy (non-hydrogen) atoms. The van der Waals surface area contributed by atoms with Crippen molar-refractivity contribution < 1.29 is 49.0 Å². The summed E-state index contributed by atoms with van der Waals surface area (Å²) in [6.07, 6.45) is 8.19. The predicted octanol–water partition coefficient (Wildman–Crippen LogP) is 0.187. The van der Waals surface area contributed by atoms with Crippen LogP contribution in [0.3, 0.4) is 0 Å². The van der Waals surface area contributed by atoms with Crippen LogP contribution in [0.25, 0.3) is 0 Å². The topological polar surface area (TPSA) is 78.5 Å². The number of carboxylic acids is 1. The van der Waals surface area contributed by atoms with Gasteiger partial charge in [-0.3, -0.25) is 4.79 Å². The zero-order valence-corrected chi connectivity index (χ0v) is 19.1. The summed E-state index contributed by atoms with van der Waals surface area (Å²) in [5.41, 5.74) is 0.0422. The molecule has 5 nitrogen and oxygen atoms in total. The number of rotatable bonds is 14. The molecule has 6 heteroatoms. The van der Waals surface area contributed by atoms with Crippen LogP contribution >= 0.6 is 0 Å². The third-order valence-electron chi connectivity index (χ3n) is 4.21. The minimum absolute atomic E-state index is 0. The number of aromatic carboxylic acids is 1. The van der Waals surface area contributed by atoms with Crippen LogP contribution in [-0.2, 0) is 4.74 Å². The van der Waals surface area contributed by atoms with Gasteiger partial charge in [0.05, 0.1) is 5.97 Å². The Balaban J connectivity index is 0.00000676. The second-order valence-corrected chi connectivity index (χ2v) is 7.01. The fourth-order valence-corrected chi connectivity index (χ4v) is 2.72. The molecule has 0 saturated carbocycles. The molecule has 1 amide bonds. The molecule has 0 heterocycles.